The number of amides is 4. The van der Waals surface area contributed by atoms with E-state index in [9.17, 15) is 19.2 Å². The van der Waals surface area contributed by atoms with Crippen molar-refractivity contribution in [3.05, 3.63) is 119 Å². The van der Waals surface area contributed by atoms with Crippen molar-refractivity contribution in [1.82, 2.24) is 16.0 Å². The molecule has 0 saturated carbocycles. The summed E-state index contributed by atoms with van der Waals surface area (Å²) in [6.45, 7) is 0.401. The van der Waals surface area contributed by atoms with Gasteiger partial charge in [-0.15, -0.1) is 0 Å². The third-order valence-electron chi connectivity index (χ3n) is 9.22. The molecule has 0 spiro atoms. The summed E-state index contributed by atoms with van der Waals surface area (Å²) in [6.07, 6.45) is 1.16. The normalized spacial score (nSPS) is 12.9. The molecule has 0 aliphatic carbocycles. The van der Waals surface area contributed by atoms with E-state index >= 15 is 0 Å². The third-order valence-corrected chi connectivity index (χ3v) is 9.46. The molecule has 15 N–H and O–H groups in total. The molecular formula is C42H52ClN11O4. The number of nitrogens with one attached hydrogen (secondary N) is 3. The summed E-state index contributed by atoms with van der Waals surface area (Å²) in [5.41, 5.74) is 39.2. The minimum atomic E-state index is -1.18. The molecule has 4 atom stereocenters. The fraction of sp³-hybridized carbons (Fsp3) is 0.286. The van der Waals surface area contributed by atoms with Crippen LogP contribution in [0, 0.1) is 0 Å². The van der Waals surface area contributed by atoms with E-state index in [1.165, 1.54) is 0 Å². The topological polar surface area (TPSA) is 285 Å². The average molecular weight is 810 g/mol. The molecule has 306 valence electrons. The number of halogens is 1. The van der Waals surface area contributed by atoms with E-state index in [0.717, 1.165) is 33.4 Å². The van der Waals surface area contributed by atoms with Gasteiger partial charge in [-0.1, -0.05) is 103 Å². The Hall–Kier alpha value is -6.45. The second-order valence-electron chi connectivity index (χ2n) is 13.8. The van der Waals surface area contributed by atoms with Crippen molar-refractivity contribution < 1.29 is 19.2 Å². The standard InChI is InChI=1S/C42H52ClN11O4/c43-32-10-4-9-31(25-32)30-19-13-26(14-20-30)23-33(44)38(56)53-35(12-6-22-51-42(48)49)39(57)54-36(40(58)52-34(37(45)55)11-5-21-50-41(46)47)24-27-15-17-29(18-16-27)28-7-2-1-3-8-28/h1-4,7-10,13-20,25,33-36H,5-6,11-12,21-24,44H2,(H2,45,55)(H,52,58)(H,53,56)(H,54,57)(H4,46,47,50)(H4,48,49,51)/t33-,34-,35-,36-/m0/s1. The molecule has 4 rings (SSSR count). The molecule has 4 amide bonds. The number of rotatable bonds is 21. The van der Waals surface area contributed by atoms with E-state index in [0.29, 0.717) is 17.9 Å². The summed E-state index contributed by atoms with van der Waals surface area (Å²) in [5, 5.41) is 8.86. The van der Waals surface area contributed by atoms with Crippen LogP contribution in [-0.4, -0.2) is 72.8 Å². The van der Waals surface area contributed by atoms with Crippen molar-refractivity contribution >= 4 is 47.1 Å². The SMILES string of the molecule is NC(=O)[C@H](CCCN=C(N)N)NC(=O)[C@H](Cc1ccc(-c2ccccc2)cc1)NC(=O)[C@H](CCCN=C(N)N)NC(=O)[C@@H](N)Cc1ccc(-c2cccc(Cl)c2)cc1. The summed E-state index contributed by atoms with van der Waals surface area (Å²) >= 11 is 6.16. The maximum absolute atomic E-state index is 14.1. The quantitative estimate of drug-likeness (QED) is 0.0337. The summed E-state index contributed by atoms with van der Waals surface area (Å²) in [4.78, 5) is 61.8. The van der Waals surface area contributed by atoms with Crippen molar-refractivity contribution in [2.24, 2.45) is 44.4 Å². The predicted molar refractivity (Wildman–Crippen MR) is 229 cm³/mol. The summed E-state index contributed by atoms with van der Waals surface area (Å²) < 4.78 is 0. The summed E-state index contributed by atoms with van der Waals surface area (Å²) in [7, 11) is 0. The monoisotopic (exact) mass is 809 g/mol. The lowest BCUT2D eigenvalue weighted by molar-refractivity contribution is -0.133. The van der Waals surface area contributed by atoms with Gasteiger partial charge in [0, 0.05) is 24.5 Å². The Labute approximate surface area is 343 Å². The van der Waals surface area contributed by atoms with Gasteiger partial charge >= 0.3 is 0 Å². The number of aliphatic imine (C=N–C) groups is 2. The number of guanidine groups is 2. The number of benzene rings is 4. The first-order valence-corrected chi connectivity index (χ1v) is 19.2. The summed E-state index contributed by atoms with van der Waals surface area (Å²) in [5.74, 6) is -2.88. The lowest BCUT2D eigenvalue weighted by atomic mass is 9.99. The zero-order valence-corrected chi connectivity index (χ0v) is 32.9. The highest BCUT2D eigenvalue weighted by atomic mass is 35.5. The minimum Gasteiger partial charge on any atom is -0.370 e. The van der Waals surface area contributed by atoms with Gasteiger partial charge in [0.2, 0.25) is 23.6 Å². The van der Waals surface area contributed by atoms with Crippen LogP contribution in [0.3, 0.4) is 0 Å². The van der Waals surface area contributed by atoms with E-state index < -0.39 is 47.8 Å². The first-order valence-electron chi connectivity index (χ1n) is 18.8. The van der Waals surface area contributed by atoms with Crippen molar-refractivity contribution in [3.8, 4) is 22.3 Å². The second kappa shape index (κ2) is 22.3. The Bertz CT molecular complexity index is 2040. The molecule has 0 bridgehead atoms. The number of nitrogens with two attached hydrogens (primary N) is 6. The molecule has 0 aliphatic heterocycles. The Kier molecular flexibility index (Phi) is 17.0. The molecule has 16 heteroatoms. The largest absolute Gasteiger partial charge is 0.370 e. The third kappa shape index (κ3) is 14.6. The van der Waals surface area contributed by atoms with Crippen LogP contribution in [0.25, 0.3) is 22.3 Å². The number of carbonyl (C=O) groups excluding carboxylic acids is 4. The molecule has 0 unspecified atom stereocenters. The highest BCUT2D eigenvalue weighted by Crippen LogP contribution is 2.24. The van der Waals surface area contributed by atoms with Gasteiger partial charge in [-0.2, -0.15) is 0 Å². The maximum atomic E-state index is 14.1. The first kappa shape index (κ1) is 44.3. The second-order valence-corrected chi connectivity index (χ2v) is 14.2. The highest BCUT2D eigenvalue weighted by molar-refractivity contribution is 6.30. The molecule has 0 saturated heterocycles. The van der Waals surface area contributed by atoms with Crippen LogP contribution < -0.4 is 50.4 Å². The summed E-state index contributed by atoms with van der Waals surface area (Å²) in [6, 6.07) is 27.9. The van der Waals surface area contributed by atoms with Crippen LogP contribution in [0.15, 0.2) is 113 Å². The van der Waals surface area contributed by atoms with Gasteiger partial charge in [0.25, 0.3) is 0 Å². The van der Waals surface area contributed by atoms with Gasteiger partial charge < -0.3 is 50.4 Å². The van der Waals surface area contributed by atoms with Crippen LogP contribution in [0.5, 0.6) is 0 Å². The number of carbonyl (C=O) groups is 4. The highest BCUT2D eigenvalue weighted by Gasteiger charge is 2.30. The van der Waals surface area contributed by atoms with E-state index in [1.54, 1.807) is 6.07 Å². The smallest absolute Gasteiger partial charge is 0.243 e. The number of hydrogen-bond donors (Lipinski definition) is 9. The number of primary amides is 1. The molecule has 15 nitrogen and oxygen atoms in total. The number of nitrogens with zero attached hydrogens (tertiary/aromatic N) is 2. The molecular weight excluding hydrogens is 758 g/mol. The van der Waals surface area contributed by atoms with Crippen molar-refractivity contribution in [2.75, 3.05) is 13.1 Å². The average Bonchev–Trinajstić information content (AvgIpc) is 3.20. The molecule has 58 heavy (non-hydrogen) atoms. The van der Waals surface area contributed by atoms with Crippen LogP contribution in [0.4, 0.5) is 0 Å². The van der Waals surface area contributed by atoms with Gasteiger partial charge in [-0.3, -0.25) is 29.2 Å². The maximum Gasteiger partial charge on any atom is 0.243 e. The molecule has 4 aromatic rings. The van der Waals surface area contributed by atoms with Gasteiger partial charge in [0.15, 0.2) is 11.9 Å². The van der Waals surface area contributed by atoms with Gasteiger partial charge in [-0.05, 0) is 77.6 Å². The van der Waals surface area contributed by atoms with Gasteiger partial charge in [-0.25, -0.2) is 0 Å². The van der Waals surface area contributed by atoms with Crippen LogP contribution in [0.1, 0.15) is 36.8 Å². The molecule has 0 radical (unpaired) electrons. The van der Waals surface area contributed by atoms with E-state index in [-0.39, 0.29) is 50.7 Å². The van der Waals surface area contributed by atoms with Gasteiger partial charge in [0.1, 0.15) is 18.1 Å². The predicted octanol–water partition coefficient (Wildman–Crippen LogP) is 1.83. The Morgan fingerprint density at radius 3 is 1.55 bits per heavy atom. The lowest BCUT2D eigenvalue weighted by Crippen LogP contribution is -2.58. The van der Waals surface area contributed by atoms with Crippen LogP contribution in [-0.2, 0) is 32.0 Å². The van der Waals surface area contributed by atoms with E-state index in [2.05, 4.69) is 25.9 Å². The fourth-order valence-corrected chi connectivity index (χ4v) is 6.33. The number of hydrogen-bond acceptors (Lipinski definition) is 7. The van der Waals surface area contributed by atoms with Crippen molar-refractivity contribution in [3.63, 3.8) is 0 Å². The molecule has 0 fully saturated rings. The van der Waals surface area contributed by atoms with E-state index in [1.807, 2.05) is 97.1 Å². The molecule has 0 aromatic heterocycles. The minimum absolute atomic E-state index is 0.0471. The van der Waals surface area contributed by atoms with Crippen LogP contribution >= 0.6 is 11.6 Å². The van der Waals surface area contributed by atoms with Crippen LogP contribution in [0.2, 0.25) is 5.02 Å². The zero-order valence-electron chi connectivity index (χ0n) is 32.2. The Balaban J connectivity index is 1.52. The lowest BCUT2D eigenvalue weighted by Gasteiger charge is -2.26. The Morgan fingerprint density at radius 1 is 0.534 bits per heavy atom. The van der Waals surface area contributed by atoms with Crippen molar-refractivity contribution in [2.45, 2.75) is 62.7 Å². The molecule has 0 heterocycles. The van der Waals surface area contributed by atoms with Gasteiger partial charge in [0.05, 0.1) is 6.04 Å². The first-order chi connectivity index (χ1) is 27.8. The zero-order chi connectivity index (χ0) is 42.0. The van der Waals surface area contributed by atoms with Crippen molar-refractivity contribution in [1.29, 1.82) is 0 Å². The fourth-order valence-electron chi connectivity index (χ4n) is 6.14. The molecule has 0 aliphatic rings. The molecule has 4 aromatic carbocycles. The van der Waals surface area contributed by atoms with E-state index in [4.69, 9.17) is 46.0 Å². The Morgan fingerprint density at radius 2 is 1.00 bits per heavy atom.